The molecule has 0 radical (unpaired) electrons. The maximum atomic E-state index is 12.3. The highest BCUT2D eigenvalue weighted by Crippen LogP contribution is 2.30. The monoisotopic (exact) mass is 377 g/mol. The highest BCUT2D eigenvalue weighted by atomic mass is 32.2. The number of amides is 2. The van der Waals surface area contributed by atoms with Crippen molar-refractivity contribution < 1.29 is 19.5 Å². The third-order valence-corrected chi connectivity index (χ3v) is 5.35. The van der Waals surface area contributed by atoms with Crippen LogP contribution < -0.4 is 11.1 Å². The number of nitrogen functional groups attached to an aromatic ring is 1. The third kappa shape index (κ3) is 4.39. The number of nitrogens with zero attached hydrogens (tertiary/aromatic N) is 2. The number of carbonyl (C=O) groups excluding carboxylic acids is 2. The Labute approximate surface area is 154 Å². The molecule has 2 atom stereocenters. The zero-order valence-electron chi connectivity index (χ0n) is 14.2. The molecular weight excluding hydrogens is 358 g/mol. The lowest BCUT2D eigenvalue weighted by Gasteiger charge is -2.19. The second-order valence-electron chi connectivity index (χ2n) is 5.69. The average molecular weight is 377 g/mol. The molecule has 1 fully saturated rings. The smallest absolute Gasteiger partial charge is 0.322 e. The largest absolute Gasteiger partial charge is 0.480 e. The number of amidine groups is 2. The Hall–Kier alpha value is -2.88. The van der Waals surface area contributed by atoms with Crippen LogP contribution in [0.15, 0.2) is 29.3 Å². The molecule has 1 aromatic rings. The Balaban J connectivity index is 2.12. The second-order valence-corrected chi connectivity index (χ2v) is 6.80. The van der Waals surface area contributed by atoms with E-state index in [1.165, 1.54) is 12.1 Å². The molecule has 1 aliphatic heterocycles. The number of carbonyl (C=O) groups is 3. The summed E-state index contributed by atoms with van der Waals surface area (Å²) in [6.45, 7) is 1.34. The number of rotatable bonds is 5. The predicted molar refractivity (Wildman–Crippen MR) is 98.5 cm³/mol. The van der Waals surface area contributed by atoms with Crippen molar-refractivity contribution in [2.75, 3.05) is 13.6 Å². The van der Waals surface area contributed by atoms with Crippen molar-refractivity contribution in [3.63, 3.8) is 0 Å². The number of aliphatic imine (C=N–C) groups is 1. The summed E-state index contributed by atoms with van der Waals surface area (Å²) in [6, 6.07) is 5.94. The van der Waals surface area contributed by atoms with Crippen LogP contribution >= 0.6 is 11.8 Å². The number of aliphatic carboxylic acids is 1. The normalized spacial score (nSPS) is 20.8. The van der Waals surface area contributed by atoms with Crippen LogP contribution in [0.3, 0.4) is 0 Å². The van der Waals surface area contributed by atoms with E-state index in [1.54, 1.807) is 31.0 Å². The number of nitrogens with one attached hydrogen (secondary N) is 2. The van der Waals surface area contributed by atoms with Gasteiger partial charge in [-0.2, -0.15) is 4.99 Å². The molecule has 0 spiro atoms. The van der Waals surface area contributed by atoms with Gasteiger partial charge in [0.15, 0.2) is 5.17 Å². The quantitative estimate of drug-likeness (QED) is 0.420. The van der Waals surface area contributed by atoms with Gasteiger partial charge in [0, 0.05) is 24.2 Å². The van der Waals surface area contributed by atoms with Crippen molar-refractivity contribution >= 4 is 40.5 Å². The molecule has 0 aliphatic carbocycles. The zero-order chi connectivity index (χ0) is 19.4. The van der Waals surface area contributed by atoms with Crippen LogP contribution in [0.25, 0.3) is 0 Å². The Morgan fingerprint density at radius 2 is 1.88 bits per heavy atom. The topological polar surface area (TPSA) is 149 Å². The number of hydrogen-bond acceptors (Lipinski definition) is 5. The lowest BCUT2D eigenvalue weighted by molar-refractivity contribution is -0.137. The van der Waals surface area contributed by atoms with Crippen molar-refractivity contribution in [1.29, 1.82) is 5.41 Å². The molecule has 1 aromatic carbocycles. The zero-order valence-corrected chi connectivity index (χ0v) is 15.0. The lowest BCUT2D eigenvalue weighted by Crippen LogP contribution is -2.42. The fourth-order valence-electron chi connectivity index (χ4n) is 2.26. The van der Waals surface area contributed by atoms with Crippen LogP contribution in [0.4, 0.5) is 0 Å². The molecule has 1 aliphatic rings. The van der Waals surface area contributed by atoms with E-state index in [2.05, 4.69) is 10.3 Å². The molecule has 9 nitrogen and oxygen atoms in total. The van der Waals surface area contributed by atoms with E-state index in [-0.39, 0.29) is 11.9 Å². The standard InChI is InChI=1S/C16H19N5O4S/c1-8-12(15(25)19-7-11(22)23)26-16(21(8)2)20-14(24)10-5-3-9(4-6-10)13(17)18/h3-6,8,12H,7H2,1-2H3,(H3,17,18)(H,19,25)(H,22,23). The molecule has 1 saturated heterocycles. The molecule has 0 saturated carbocycles. The summed E-state index contributed by atoms with van der Waals surface area (Å²) in [6.07, 6.45) is 0. The molecular formula is C16H19N5O4S. The van der Waals surface area contributed by atoms with Crippen molar-refractivity contribution in [2.45, 2.75) is 18.2 Å². The fraction of sp³-hybridized carbons (Fsp3) is 0.312. The Morgan fingerprint density at radius 3 is 2.42 bits per heavy atom. The first-order valence-corrected chi connectivity index (χ1v) is 8.55. The van der Waals surface area contributed by atoms with Crippen LogP contribution in [0, 0.1) is 5.41 Å². The summed E-state index contributed by atoms with van der Waals surface area (Å²) in [5.74, 6) is -2.11. The summed E-state index contributed by atoms with van der Waals surface area (Å²) in [4.78, 5) is 40.8. The molecule has 2 rings (SSSR count). The molecule has 10 heteroatoms. The van der Waals surface area contributed by atoms with E-state index in [0.717, 1.165) is 11.8 Å². The number of carboxylic acids is 1. The highest BCUT2D eigenvalue weighted by molar-refractivity contribution is 8.15. The van der Waals surface area contributed by atoms with Crippen molar-refractivity contribution in [2.24, 2.45) is 10.7 Å². The summed E-state index contributed by atoms with van der Waals surface area (Å²) in [5.41, 5.74) is 6.22. The molecule has 5 N–H and O–H groups in total. The third-order valence-electron chi connectivity index (χ3n) is 3.90. The van der Waals surface area contributed by atoms with Gasteiger partial charge in [-0.25, -0.2) is 0 Å². The average Bonchev–Trinajstić information content (AvgIpc) is 2.88. The maximum absolute atomic E-state index is 12.3. The van der Waals surface area contributed by atoms with E-state index in [0.29, 0.717) is 16.3 Å². The minimum Gasteiger partial charge on any atom is -0.480 e. The summed E-state index contributed by atoms with van der Waals surface area (Å²) in [5, 5.41) is 18.2. The van der Waals surface area contributed by atoms with E-state index >= 15 is 0 Å². The molecule has 0 aromatic heterocycles. The molecule has 2 unspecified atom stereocenters. The van der Waals surface area contributed by atoms with Gasteiger partial charge in [0.05, 0.1) is 0 Å². The number of carboxylic acid groups (broad SMARTS) is 1. The first kappa shape index (κ1) is 19.4. The minimum absolute atomic E-state index is 0.0922. The number of thioether (sulfide) groups is 1. The Bertz CT molecular complexity index is 777. The van der Waals surface area contributed by atoms with Crippen LogP contribution in [-0.4, -0.2) is 63.7 Å². The number of benzene rings is 1. The van der Waals surface area contributed by atoms with Crippen LogP contribution in [0.5, 0.6) is 0 Å². The molecule has 0 bridgehead atoms. The summed E-state index contributed by atoms with van der Waals surface area (Å²) >= 11 is 1.11. The maximum Gasteiger partial charge on any atom is 0.322 e. The SMILES string of the molecule is CC1C(C(=O)NCC(=O)O)SC(=NC(=O)c2ccc(C(=N)N)cc2)N1C. The van der Waals surface area contributed by atoms with Gasteiger partial charge in [0.25, 0.3) is 5.91 Å². The van der Waals surface area contributed by atoms with Crippen LogP contribution in [0.2, 0.25) is 0 Å². The van der Waals surface area contributed by atoms with Crippen LogP contribution in [0.1, 0.15) is 22.8 Å². The molecule has 26 heavy (non-hydrogen) atoms. The Kier molecular flexibility index (Phi) is 5.98. The fourth-order valence-corrected chi connectivity index (χ4v) is 3.52. The van der Waals surface area contributed by atoms with Gasteiger partial charge in [-0.15, -0.1) is 0 Å². The predicted octanol–water partition coefficient (Wildman–Crippen LogP) is 0.103. The van der Waals surface area contributed by atoms with E-state index in [9.17, 15) is 14.4 Å². The first-order valence-electron chi connectivity index (χ1n) is 7.67. The van der Waals surface area contributed by atoms with Gasteiger partial charge in [-0.1, -0.05) is 23.9 Å². The minimum atomic E-state index is -1.12. The van der Waals surface area contributed by atoms with E-state index in [1.807, 2.05) is 0 Å². The molecule has 1 heterocycles. The highest BCUT2D eigenvalue weighted by Gasteiger charge is 2.39. The molecule has 138 valence electrons. The van der Waals surface area contributed by atoms with E-state index in [4.69, 9.17) is 16.2 Å². The van der Waals surface area contributed by atoms with Gasteiger partial charge in [-0.3, -0.25) is 19.8 Å². The second kappa shape index (κ2) is 8.00. The van der Waals surface area contributed by atoms with Gasteiger partial charge >= 0.3 is 5.97 Å². The Morgan fingerprint density at radius 1 is 1.31 bits per heavy atom. The van der Waals surface area contributed by atoms with Crippen LogP contribution in [-0.2, 0) is 9.59 Å². The number of nitrogens with two attached hydrogens (primary N) is 1. The van der Waals surface area contributed by atoms with Gasteiger partial charge in [-0.05, 0) is 19.1 Å². The molecule has 2 amide bonds. The first-order chi connectivity index (χ1) is 12.2. The van der Waals surface area contributed by atoms with Crippen molar-refractivity contribution in [3.8, 4) is 0 Å². The van der Waals surface area contributed by atoms with Gasteiger partial charge in [0.1, 0.15) is 17.6 Å². The number of hydrogen-bond donors (Lipinski definition) is 4. The van der Waals surface area contributed by atoms with Crippen molar-refractivity contribution in [3.05, 3.63) is 35.4 Å². The summed E-state index contributed by atoms with van der Waals surface area (Å²) < 4.78 is 0. The van der Waals surface area contributed by atoms with Gasteiger partial charge < -0.3 is 21.1 Å². The van der Waals surface area contributed by atoms with Crippen molar-refractivity contribution in [1.82, 2.24) is 10.2 Å². The van der Waals surface area contributed by atoms with E-state index < -0.39 is 29.6 Å². The lowest BCUT2D eigenvalue weighted by atomic mass is 10.1. The van der Waals surface area contributed by atoms with Gasteiger partial charge in [0.2, 0.25) is 5.91 Å². The summed E-state index contributed by atoms with van der Waals surface area (Å²) in [7, 11) is 1.72.